The summed E-state index contributed by atoms with van der Waals surface area (Å²) < 4.78 is 1.55. The topological polar surface area (TPSA) is 72.9 Å². The third-order valence-corrected chi connectivity index (χ3v) is 2.43. The Hall–Kier alpha value is -1.36. The number of hydrogen-bond donors (Lipinski definition) is 2. The van der Waals surface area contributed by atoms with Gasteiger partial charge in [0.05, 0.1) is 0 Å². The lowest BCUT2D eigenvalue weighted by molar-refractivity contribution is 0.0924. The summed E-state index contributed by atoms with van der Waals surface area (Å²) in [4.78, 5) is 11.8. The van der Waals surface area contributed by atoms with Gasteiger partial charge in [0.2, 0.25) is 0 Å². The number of hydrogen-bond acceptors (Lipinski definition) is 3. The molecule has 1 aromatic heterocycles. The van der Waals surface area contributed by atoms with Crippen LogP contribution in [0.25, 0.3) is 0 Å². The van der Waals surface area contributed by atoms with Crippen molar-refractivity contribution >= 4 is 5.91 Å². The molecule has 1 atom stereocenters. The van der Waals surface area contributed by atoms with E-state index in [1.807, 2.05) is 0 Å². The van der Waals surface area contributed by atoms with Crippen molar-refractivity contribution in [3.63, 3.8) is 0 Å². The predicted octanol–water partition coefficient (Wildman–Crippen LogP) is 0.523. The van der Waals surface area contributed by atoms with E-state index in [-0.39, 0.29) is 11.9 Å². The summed E-state index contributed by atoms with van der Waals surface area (Å²) in [5.41, 5.74) is 6.18. The molecule has 0 aliphatic heterocycles. The SMILES string of the molecule is CC(C)CC(CN)NC(=O)c1ccnn1C. The molecular formula is C11H20N4O. The first-order chi connectivity index (χ1) is 7.54. The molecule has 3 N–H and O–H groups in total. The molecule has 0 bridgehead atoms. The summed E-state index contributed by atoms with van der Waals surface area (Å²) in [6.45, 7) is 4.68. The van der Waals surface area contributed by atoms with Crippen molar-refractivity contribution in [1.82, 2.24) is 15.1 Å². The summed E-state index contributed by atoms with van der Waals surface area (Å²) in [5.74, 6) is 0.400. The molecule has 90 valence electrons. The van der Waals surface area contributed by atoms with Gasteiger partial charge in [0.1, 0.15) is 5.69 Å². The molecule has 1 amide bonds. The fraction of sp³-hybridized carbons (Fsp3) is 0.636. The van der Waals surface area contributed by atoms with Gasteiger partial charge in [-0.25, -0.2) is 0 Å². The molecule has 16 heavy (non-hydrogen) atoms. The van der Waals surface area contributed by atoms with E-state index in [0.29, 0.717) is 18.2 Å². The van der Waals surface area contributed by atoms with Crippen LogP contribution in [0, 0.1) is 5.92 Å². The van der Waals surface area contributed by atoms with Crippen molar-refractivity contribution in [1.29, 1.82) is 0 Å². The Labute approximate surface area is 96.0 Å². The molecule has 1 heterocycles. The maximum Gasteiger partial charge on any atom is 0.269 e. The first-order valence-corrected chi connectivity index (χ1v) is 5.53. The monoisotopic (exact) mass is 224 g/mol. The average Bonchev–Trinajstić information content (AvgIpc) is 2.62. The Bertz CT molecular complexity index is 346. The van der Waals surface area contributed by atoms with E-state index in [1.165, 1.54) is 0 Å². The maximum atomic E-state index is 11.8. The number of rotatable bonds is 5. The molecule has 0 fully saturated rings. The van der Waals surface area contributed by atoms with Crippen LogP contribution in [0.15, 0.2) is 12.3 Å². The van der Waals surface area contributed by atoms with Gasteiger partial charge >= 0.3 is 0 Å². The Kier molecular flexibility index (Phi) is 4.49. The van der Waals surface area contributed by atoms with Crippen LogP contribution >= 0.6 is 0 Å². The molecule has 1 aromatic rings. The minimum Gasteiger partial charge on any atom is -0.347 e. The number of aryl methyl sites for hydroxylation is 1. The first-order valence-electron chi connectivity index (χ1n) is 5.53. The van der Waals surface area contributed by atoms with Gasteiger partial charge in [-0.15, -0.1) is 0 Å². The highest BCUT2D eigenvalue weighted by molar-refractivity contribution is 5.92. The molecule has 0 aliphatic rings. The minimum atomic E-state index is -0.115. The molecule has 0 saturated heterocycles. The Morgan fingerprint density at radius 2 is 2.31 bits per heavy atom. The van der Waals surface area contributed by atoms with Crippen molar-refractivity contribution in [2.45, 2.75) is 26.3 Å². The van der Waals surface area contributed by atoms with Crippen LogP contribution in [-0.4, -0.2) is 28.3 Å². The molecule has 0 aliphatic carbocycles. The Morgan fingerprint density at radius 1 is 1.62 bits per heavy atom. The van der Waals surface area contributed by atoms with Gasteiger partial charge in [-0.2, -0.15) is 5.10 Å². The average molecular weight is 224 g/mol. The van der Waals surface area contributed by atoms with E-state index < -0.39 is 0 Å². The normalized spacial score (nSPS) is 12.8. The van der Waals surface area contributed by atoms with Crippen molar-refractivity contribution in [2.75, 3.05) is 6.54 Å². The third kappa shape index (κ3) is 3.34. The third-order valence-electron chi connectivity index (χ3n) is 2.43. The lowest BCUT2D eigenvalue weighted by Crippen LogP contribution is -2.41. The zero-order valence-electron chi connectivity index (χ0n) is 10.1. The van der Waals surface area contributed by atoms with Gasteiger partial charge < -0.3 is 11.1 Å². The lowest BCUT2D eigenvalue weighted by atomic mass is 10.0. The molecule has 0 radical (unpaired) electrons. The largest absolute Gasteiger partial charge is 0.347 e. The van der Waals surface area contributed by atoms with E-state index in [1.54, 1.807) is 24.0 Å². The fourth-order valence-electron chi connectivity index (χ4n) is 1.64. The fourth-order valence-corrected chi connectivity index (χ4v) is 1.64. The zero-order chi connectivity index (χ0) is 12.1. The number of nitrogens with one attached hydrogen (secondary N) is 1. The van der Waals surface area contributed by atoms with E-state index >= 15 is 0 Å². The summed E-state index contributed by atoms with van der Waals surface area (Å²) >= 11 is 0. The van der Waals surface area contributed by atoms with E-state index in [2.05, 4.69) is 24.3 Å². The number of nitrogens with two attached hydrogens (primary N) is 1. The zero-order valence-corrected chi connectivity index (χ0v) is 10.1. The van der Waals surface area contributed by atoms with Crippen LogP contribution < -0.4 is 11.1 Å². The molecule has 1 unspecified atom stereocenters. The van der Waals surface area contributed by atoms with Gasteiger partial charge in [0.15, 0.2) is 0 Å². The number of carbonyl (C=O) groups is 1. The lowest BCUT2D eigenvalue weighted by Gasteiger charge is -2.18. The van der Waals surface area contributed by atoms with Crippen LogP contribution in [0.2, 0.25) is 0 Å². The van der Waals surface area contributed by atoms with E-state index in [4.69, 9.17) is 5.73 Å². The van der Waals surface area contributed by atoms with Crippen LogP contribution in [-0.2, 0) is 7.05 Å². The number of amides is 1. The van der Waals surface area contributed by atoms with E-state index in [0.717, 1.165) is 6.42 Å². The quantitative estimate of drug-likeness (QED) is 0.766. The first kappa shape index (κ1) is 12.7. The van der Waals surface area contributed by atoms with E-state index in [9.17, 15) is 4.79 Å². The second-order valence-corrected chi connectivity index (χ2v) is 4.38. The molecule has 0 aromatic carbocycles. The van der Waals surface area contributed by atoms with Gasteiger partial charge in [-0.3, -0.25) is 9.48 Å². The second-order valence-electron chi connectivity index (χ2n) is 4.38. The Morgan fingerprint density at radius 3 is 2.75 bits per heavy atom. The molecule has 5 heteroatoms. The van der Waals surface area contributed by atoms with Crippen LogP contribution in [0.5, 0.6) is 0 Å². The Balaban J connectivity index is 2.59. The van der Waals surface area contributed by atoms with Crippen molar-refractivity contribution in [2.24, 2.45) is 18.7 Å². The summed E-state index contributed by atoms with van der Waals surface area (Å²) in [6, 6.07) is 1.72. The highest BCUT2D eigenvalue weighted by atomic mass is 16.2. The summed E-state index contributed by atoms with van der Waals surface area (Å²) in [6.07, 6.45) is 2.49. The number of nitrogens with zero attached hydrogens (tertiary/aromatic N) is 2. The molecule has 0 saturated carbocycles. The highest BCUT2D eigenvalue weighted by Crippen LogP contribution is 2.05. The van der Waals surface area contributed by atoms with Crippen molar-refractivity contribution in [3.05, 3.63) is 18.0 Å². The van der Waals surface area contributed by atoms with Crippen molar-refractivity contribution in [3.8, 4) is 0 Å². The predicted molar refractivity (Wildman–Crippen MR) is 63.0 cm³/mol. The number of carbonyl (C=O) groups excluding carboxylic acids is 1. The molecular weight excluding hydrogens is 204 g/mol. The van der Waals surface area contributed by atoms with Crippen LogP contribution in [0.4, 0.5) is 0 Å². The molecule has 0 spiro atoms. The summed E-state index contributed by atoms with van der Waals surface area (Å²) in [5, 5.41) is 6.87. The minimum absolute atomic E-state index is 0.0300. The van der Waals surface area contributed by atoms with Crippen LogP contribution in [0.1, 0.15) is 30.8 Å². The standard InChI is InChI=1S/C11H20N4O/c1-8(2)6-9(7-12)14-11(16)10-4-5-13-15(10)3/h4-5,8-9H,6-7,12H2,1-3H3,(H,14,16). The smallest absolute Gasteiger partial charge is 0.269 e. The van der Waals surface area contributed by atoms with Gasteiger partial charge in [0, 0.05) is 25.8 Å². The molecule has 5 nitrogen and oxygen atoms in total. The summed E-state index contributed by atoms with van der Waals surface area (Å²) in [7, 11) is 1.74. The second kappa shape index (κ2) is 5.65. The van der Waals surface area contributed by atoms with Gasteiger partial charge in [-0.1, -0.05) is 13.8 Å². The molecule has 1 rings (SSSR count). The maximum absolute atomic E-state index is 11.8. The van der Waals surface area contributed by atoms with Crippen LogP contribution in [0.3, 0.4) is 0 Å². The van der Waals surface area contributed by atoms with Crippen molar-refractivity contribution < 1.29 is 4.79 Å². The highest BCUT2D eigenvalue weighted by Gasteiger charge is 2.15. The van der Waals surface area contributed by atoms with Gasteiger partial charge in [-0.05, 0) is 18.4 Å². The number of aromatic nitrogens is 2. The van der Waals surface area contributed by atoms with Gasteiger partial charge in [0.25, 0.3) is 5.91 Å².